The zero-order valence-corrected chi connectivity index (χ0v) is 5.56. The lowest BCUT2D eigenvalue weighted by molar-refractivity contribution is 0.540. The summed E-state index contributed by atoms with van der Waals surface area (Å²) >= 11 is 0. The quantitative estimate of drug-likeness (QED) is 0.583. The molecule has 0 amide bonds. The largest absolute Gasteiger partial charge is 0.340 e. The Bertz CT molecular complexity index is 393. The summed E-state index contributed by atoms with van der Waals surface area (Å²) in [7, 11) is 0. The summed E-state index contributed by atoms with van der Waals surface area (Å²) in [5.41, 5.74) is 1.39. The molecule has 1 aromatic heterocycles. The molecule has 0 aliphatic rings. The number of carbonyl (C=O) groups excluding carboxylic acids is 1. The van der Waals surface area contributed by atoms with E-state index in [2.05, 4.69) is 10.3 Å². The molecule has 0 saturated carbocycles. The number of hydrogen-bond acceptors (Lipinski definition) is 3. The fourth-order valence-electron chi connectivity index (χ4n) is 0.936. The maximum atomic E-state index is 10.2. The monoisotopic (exact) mass is 146 g/mol. The van der Waals surface area contributed by atoms with Crippen LogP contribution in [-0.4, -0.2) is 21.4 Å². The van der Waals surface area contributed by atoms with Crippen LogP contribution in [-0.2, 0) is 4.79 Å². The standard InChI is InChI=1S/C7H4N3O/c11-5-10-7-4-2-1-3-6(7)8-9-10/h1-4H. The van der Waals surface area contributed by atoms with Crippen molar-refractivity contribution in [3.8, 4) is 0 Å². The highest BCUT2D eigenvalue weighted by atomic mass is 16.1. The van der Waals surface area contributed by atoms with E-state index in [1.54, 1.807) is 18.5 Å². The van der Waals surface area contributed by atoms with E-state index >= 15 is 0 Å². The highest BCUT2D eigenvalue weighted by Crippen LogP contribution is 2.06. The molecule has 11 heavy (non-hydrogen) atoms. The maximum Gasteiger partial charge on any atom is 0.340 e. The Morgan fingerprint density at radius 2 is 2.18 bits per heavy atom. The molecule has 1 aromatic carbocycles. The minimum absolute atomic E-state index is 0.683. The van der Waals surface area contributed by atoms with Crippen molar-refractivity contribution >= 4 is 17.4 Å². The van der Waals surface area contributed by atoms with Gasteiger partial charge in [0.25, 0.3) is 0 Å². The molecule has 1 radical (unpaired) electrons. The summed E-state index contributed by atoms with van der Waals surface area (Å²) in [6.07, 6.45) is 1.64. The molecule has 0 aliphatic carbocycles. The Balaban J connectivity index is 2.86. The van der Waals surface area contributed by atoms with Gasteiger partial charge in [-0.2, -0.15) is 4.68 Å². The van der Waals surface area contributed by atoms with Crippen LogP contribution < -0.4 is 0 Å². The van der Waals surface area contributed by atoms with Crippen LogP contribution in [0.25, 0.3) is 11.0 Å². The molecule has 2 aromatic rings. The number of aromatic nitrogens is 3. The number of para-hydroxylation sites is 1. The third-order valence-corrected chi connectivity index (χ3v) is 1.44. The average molecular weight is 146 g/mol. The van der Waals surface area contributed by atoms with Gasteiger partial charge in [0, 0.05) is 0 Å². The van der Waals surface area contributed by atoms with Crippen molar-refractivity contribution in [2.24, 2.45) is 0 Å². The van der Waals surface area contributed by atoms with E-state index in [1.165, 1.54) is 0 Å². The van der Waals surface area contributed by atoms with Gasteiger partial charge in [-0.1, -0.05) is 17.3 Å². The van der Waals surface area contributed by atoms with Crippen molar-refractivity contribution in [1.29, 1.82) is 0 Å². The summed E-state index contributed by atoms with van der Waals surface area (Å²) in [4.78, 5) is 10.2. The molecule has 0 unspecified atom stereocenters. The van der Waals surface area contributed by atoms with E-state index in [9.17, 15) is 4.79 Å². The topological polar surface area (TPSA) is 47.8 Å². The van der Waals surface area contributed by atoms with Crippen molar-refractivity contribution in [2.75, 3.05) is 0 Å². The minimum Gasteiger partial charge on any atom is -0.261 e. The second-order valence-corrected chi connectivity index (χ2v) is 2.08. The summed E-state index contributed by atoms with van der Waals surface area (Å²) in [5.74, 6) is 0. The number of benzene rings is 1. The van der Waals surface area contributed by atoms with Gasteiger partial charge in [0.1, 0.15) is 5.52 Å². The molecule has 0 fully saturated rings. The Morgan fingerprint density at radius 1 is 1.36 bits per heavy atom. The second kappa shape index (κ2) is 2.16. The van der Waals surface area contributed by atoms with Crippen molar-refractivity contribution in [3.05, 3.63) is 24.3 Å². The molecule has 0 atom stereocenters. The molecular formula is C7H4N3O. The molecule has 4 nitrogen and oxygen atoms in total. The van der Waals surface area contributed by atoms with Crippen molar-refractivity contribution < 1.29 is 4.79 Å². The van der Waals surface area contributed by atoms with Gasteiger partial charge in [-0.25, -0.2) is 0 Å². The Labute approximate surface area is 62.4 Å². The van der Waals surface area contributed by atoms with Crippen molar-refractivity contribution in [1.82, 2.24) is 15.0 Å². The van der Waals surface area contributed by atoms with Gasteiger partial charge >= 0.3 is 6.41 Å². The lowest BCUT2D eigenvalue weighted by Crippen LogP contribution is -1.95. The van der Waals surface area contributed by atoms with E-state index < -0.39 is 0 Å². The van der Waals surface area contributed by atoms with Crippen LogP contribution >= 0.6 is 0 Å². The zero-order valence-electron chi connectivity index (χ0n) is 5.56. The van der Waals surface area contributed by atoms with E-state index in [1.807, 2.05) is 12.1 Å². The van der Waals surface area contributed by atoms with Crippen LogP contribution in [0.2, 0.25) is 0 Å². The zero-order chi connectivity index (χ0) is 7.68. The molecule has 0 aliphatic heterocycles. The lowest BCUT2D eigenvalue weighted by Gasteiger charge is -1.85. The van der Waals surface area contributed by atoms with Gasteiger partial charge < -0.3 is 0 Å². The molecule has 0 N–H and O–H groups in total. The van der Waals surface area contributed by atoms with Gasteiger partial charge in [0.2, 0.25) is 0 Å². The van der Waals surface area contributed by atoms with E-state index in [-0.39, 0.29) is 0 Å². The van der Waals surface area contributed by atoms with Crippen LogP contribution in [0.1, 0.15) is 0 Å². The first kappa shape index (κ1) is 6.03. The molecule has 0 spiro atoms. The van der Waals surface area contributed by atoms with Crippen molar-refractivity contribution in [2.45, 2.75) is 0 Å². The number of hydrogen-bond donors (Lipinski definition) is 0. The third-order valence-electron chi connectivity index (χ3n) is 1.44. The van der Waals surface area contributed by atoms with E-state index in [0.717, 1.165) is 4.68 Å². The van der Waals surface area contributed by atoms with Crippen molar-refractivity contribution in [3.63, 3.8) is 0 Å². The number of fused-ring (bicyclic) bond motifs is 1. The summed E-state index contributed by atoms with van der Waals surface area (Å²) in [6, 6.07) is 7.21. The van der Waals surface area contributed by atoms with E-state index in [0.29, 0.717) is 11.0 Å². The molecule has 0 saturated heterocycles. The molecule has 53 valence electrons. The SMILES string of the molecule is O=[C]n1nnc2ccccc21. The van der Waals surface area contributed by atoms with Crippen LogP contribution in [0.4, 0.5) is 0 Å². The lowest BCUT2D eigenvalue weighted by atomic mass is 10.3. The highest BCUT2D eigenvalue weighted by molar-refractivity contribution is 5.79. The Morgan fingerprint density at radius 3 is 3.00 bits per heavy atom. The second-order valence-electron chi connectivity index (χ2n) is 2.08. The average Bonchev–Trinajstić information content (AvgIpc) is 2.47. The highest BCUT2D eigenvalue weighted by Gasteiger charge is 2.00. The molecule has 1 heterocycles. The van der Waals surface area contributed by atoms with Gasteiger partial charge in [0.05, 0.1) is 5.52 Å². The van der Waals surface area contributed by atoms with Gasteiger partial charge in [-0.05, 0) is 12.1 Å². The van der Waals surface area contributed by atoms with Gasteiger partial charge in [0.15, 0.2) is 0 Å². The fraction of sp³-hybridized carbons (Fsp3) is 0. The first-order valence-electron chi connectivity index (χ1n) is 3.10. The maximum absolute atomic E-state index is 10.2. The van der Waals surface area contributed by atoms with Crippen LogP contribution in [0.15, 0.2) is 24.3 Å². The minimum atomic E-state index is 0.683. The number of nitrogens with zero attached hydrogens (tertiary/aromatic N) is 3. The van der Waals surface area contributed by atoms with Crippen LogP contribution in [0.3, 0.4) is 0 Å². The van der Waals surface area contributed by atoms with Gasteiger partial charge in [-0.3, -0.25) is 4.79 Å². The van der Waals surface area contributed by atoms with Crippen LogP contribution in [0.5, 0.6) is 0 Å². The predicted molar refractivity (Wildman–Crippen MR) is 38.6 cm³/mol. The Hall–Kier alpha value is -1.71. The van der Waals surface area contributed by atoms with Crippen LogP contribution in [0, 0.1) is 0 Å². The summed E-state index contributed by atoms with van der Waals surface area (Å²) < 4.78 is 1.08. The summed E-state index contributed by atoms with van der Waals surface area (Å²) in [5, 5.41) is 7.30. The number of rotatable bonds is 1. The fourth-order valence-corrected chi connectivity index (χ4v) is 0.936. The molecule has 0 bridgehead atoms. The Kier molecular flexibility index (Phi) is 1.18. The normalized spacial score (nSPS) is 10.2. The smallest absolute Gasteiger partial charge is 0.261 e. The predicted octanol–water partition coefficient (Wildman–Crippen LogP) is 0.347. The molecule has 4 heteroatoms. The molecular weight excluding hydrogens is 142 g/mol. The first-order valence-corrected chi connectivity index (χ1v) is 3.10. The molecule has 2 rings (SSSR count). The van der Waals surface area contributed by atoms with Gasteiger partial charge in [-0.15, -0.1) is 5.10 Å². The van der Waals surface area contributed by atoms with E-state index in [4.69, 9.17) is 0 Å². The third kappa shape index (κ3) is 0.797. The summed E-state index contributed by atoms with van der Waals surface area (Å²) in [6.45, 7) is 0. The first-order chi connectivity index (χ1) is 5.42.